The summed E-state index contributed by atoms with van der Waals surface area (Å²) in [5.41, 5.74) is 6.03. The fraction of sp³-hybridized carbons (Fsp3) is 0.486. The second kappa shape index (κ2) is 12.4. The Hall–Kier alpha value is -3.78. The molecule has 1 fully saturated rings. The van der Waals surface area contributed by atoms with Gasteiger partial charge in [0.1, 0.15) is 12.1 Å². The lowest BCUT2D eigenvalue weighted by atomic mass is 9.49. The number of carboxylic acids is 1. The molecular formula is C35H44N4O4. The topological polar surface area (TPSA) is 116 Å². The van der Waals surface area contributed by atoms with Crippen LogP contribution < -0.4 is 10.2 Å². The van der Waals surface area contributed by atoms with Gasteiger partial charge in [0.25, 0.3) is 0 Å². The first-order valence-electron chi connectivity index (χ1n) is 15.5. The van der Waals surface area contributed by atoms with Crippen LogP contribution in [0.5, 0.6) is 0 Å². The third-order valence-electron chi connectivity index (χ3n) is 9.61. The Kier molecular flexibility index (Phi) is 8.88. The molecule has 0 bridgehead atoms. The van der Waals surface area contributed by atoms with Crippen LogP contribution in [-0.4, -0.2) is 54.4 Å². The van der Waals surface area contributed by atoms with Crippen LogP contribution in [0, 0.1) is 16.2 Å². The Balaban J connectivity index is 1.38. The molecule has 3 unspecified atom stereocenters. The molecule has 228 valence electrons. The normalized spacial score (nSPS) is 24.7. The Bertz CT molecular complexity index is 1480. The molecule has 43 heavy (non-hydrogen) atoms. The van der Waals surface area contributed by atoms with E-state index in [0.29, 0.717) is 42.2 Å². The Morgan fingerprint density at radius 3 is 2.77 bits per heavy atom. The molecule has 1 saturated carbocycles. The molecule has 3 N–H and O–H groups in total. The van der Waals surface area contributed by atoms with Crippen molar-refractivity contribution in [3.63, 3.8) is 0 Å². The van der Waals surface area contributed by atoms with Gasteiger partial charge in [-0.1, -0.05) is 57.0 Å². The summed E-state index contributed by atoms with van der Waals surface area (Å²) >= 11 is 0. The van der Waals surface area contributed by atoms with Gasteiger partial charge in [0, 0.05) is 60.3 Å². The SMILES string of the molecule is CCCOC1C=C2C(C)(CCC)CC2(CN/C(C)=C(\C=N)c2ccc(N3CCc4cccc(C=O)c4C3)nc2C(=O)O)C1. The molecule has 3 aliphatic rings. The summed E-state index contributed by atoms with van der Waals surface area (Å²) in [6.45, 7) is 11.3. The van der Waals surface area contributed by atoms with E-state index in [1.54, 1.807) is 6.07 Å². The summed E-state index contributed by atoms with van der Waals surface area (Å²) in [4.78, 5) is 30.7. The van der Waals surface area contributed by atoms with Crippen LogP contribution in [0.25, 0.3) is 5.57 Å². The lowest BCUT2D eigenvalue weighted by Gasteiger charge is -2.56. The molecule has 0 radical (unpaired) electrons. The average Bonchev–Trinajstić information content (AvgIpc) is 3.32. The van der Waals surface area contributed by atoms with Crippen molar-refractivity contribution in [3.8, 4) is 0 Å². The molecule has 1 aromatic carbocycles. The van der Waals surface area contributed by atoms with Crippen LogP contribution >= 0.6 is 0 Å². The van der Waals surface area contributed by atoms with Gasteiger partial charge in [-0.3, -0.25) is 4.79 Å². The number of aromatic nitrogens is 1. The monoisotopic (exact) mass is 584 g/mol. The number of pyridine rings is 1. The van der Waals surface area contributed by atoms with E-state index in [-0.39, 0.29) is 22.6 Å². The van der Waals surface area contributed by atoms with Gasteiger partial charge in [-0.05, 0) is 67.7 Å². The number of allylic oxidation sites excluding steroid dienone is 2. The van der Waals surface area contributed by atoms with E-state index < -0.39 is 5.97 Å². The predicted molar refractivity (Wildman–Crippen MR) is 170 cm³/mol. The molecule has 3 atom stereocenters. The molecule has 8 heteroatoms. The van der Waals surface area contributed by atoms with Gasteiger partial charge in [0.2, 0.25) is 0 Å². The highest BCUT2D eigenvalue weighted by atomic mass is 16.5. The minimum Gasteiger partial charge on any atom is -0.476 e. The van der Waals surface area contributed by atoms with E-state index >= 15 is 0 Å². The molecule has 1 aliphatic heterocycles. The molecule has 2 aromatic rings. The summed E-state index contributed by atoms with van der Waals surface area (Å²) in [5.74, 6) is -0.593. The fourth-order valence-corrected chi connectivity index (χ4v) is 7.74. The number of ether oxygens (including phenoxy) is 1. The van der Waals surface area contributed by atoms with Crippen LogP contribution in [0.4, 0.5) is 5.82 Å². The first-order chi connectivity index (χ1) is 20.7. The maximum absolute atomic E-state index is 12.5. The van der Waals surface area contributed by atoms with Crippen LogP contribution in [-0.2, 0) is 17.7 Å². The number of hydrogen-bond donors (Lipinski definition) is 3. The third kappa shape index (κ3) is 5.77. The number of anilines is 1. The molecular weight excluding hydrogens is 540 g/mol. The van der Waals surface area contributed by atoms with Crippen molar-refractivity contribution in [2.75, 3.05) is 24.6 Å². The Morgan fingerprint density at radius 1 is 1.26 bits per heavy atom. The second-order valence-corrected chi connectivity index (χ2v) is 12.6. The average molecular weight is 585 g/mol. The van der Waals surface area contributed by atoms with Crippen LogP contribution in [0.2, 0.25) is 0 Å². The Morgan fingerprint density at radius 2 is 2.07 bits per heavy atom. The number of carbonyl (C=O) groups excluding carboxylic acids is 1. The zero-order valence-electron chi connectivity index (χ0n) is 25.8. The molecule has 0 saturated heterocycles. The summed E-state index contributed by atoms with van der Waals surface area (Å²) in [7, 11) is 0. The van der Waals surface area contributed by atoms with Gasteiger partial charge >= 0.3 is 5.97 Å². The standard InChI is InChI=1S/C35H44N4O4/c1-5-13-34(4)21-35(17-26(16-30(34)35)43-15-6-2)22-37-23(3)28(18-36)27-10-11-31(38-32(27)33(41)42)39-14-12-24-8-7-9-25(20-40)29(24)19-39/h7-11,16,18,20,26,36-37H,5-6,12-15,17,19,21-22H2,1-4H3,(H,41,42)/b28-23+,36-18?. The largest absolute Gasteiger partial charge is 0.476 e. The zero-order chi connectivity index (χ0) is 30.8. The smallest absolute Gasteiger partial charge is 0.355 e. The number of hydrogen-bond acceptors (Lipinski definition) is 7. The van der Waals surface area contributed by atoms with Gasteiger partial charge in [0.05, 0.1) is 6.10 Å². The van der Waals surface area contributed by atoms with Gasteiger partial charge < -0.3 is 25.5 Å². The molecule has 8 nitrogen and oxygen atoms in total. The maximum Gasteiger partial charge on any atom is 0.355 e. The van der Waals surface area contributed by atoms with Crippen molar-refractivity contribution in [1.29, 1.82) is 5.41 Å². The van der Waals surface area contributed by atoms with E-state index in [0.717, 1.165) is 68.2 Å². The number of aldehydes is 1. The molecule has 2 aliphatic carbocycles. The van der Waals surface area contributed by atoms with Crippen molar-refractivity contribution in [3.05, 3.63) is 75.6 Å². The van der Waals surface area contributed by atoms with Crippen molar-refractivity contribution in [1.82, 2.24) is 10.3 Å². The van der Waals surface area contributed by atoms with Crippen molar-refractivity contribution in [2.45, 2.75) is 78.9 Å². The van der Waals surface area contributed by atoms with E-state index in [1.165, 1.54) is 11.8 Å². The summed E-state index contributed by atoms with van der Waals surface area (Å²) < 4.78 is 6.16. The quantitative estimate of drug-likeness (QED) is 0.141. The number of rotatable bonds is 13. The predicted octanol–water partition coefficient (Wildman–Crippen LogP) is 6.45. The van der Waals surface area contributed by atoms with Gasteiger partial charge in [-0.2, -0.15) is 0 Å². The fourth-order valence-electron chi connectivity index (χ4n) is 7.74. The van der Waals surface area contributed by atoms with Crippen LogP contribution in [0.1, 0.15) is 97.3 Å². The summed E-state index contributed by atoms with van der Waals surface area (Å²) in [6.07, 6.45) is 10.6. The number of benzene rings is 1. The van der Waals surface area contributed by atoms with E-state index in [2.05, 4.69) is 37.1 Å². The maximum atomic E-state index is 12.5. The van der Waals surface area contributed by atoms with Crippen LogP contribution in [0.15, 0.2) is 47.7 Å². The molecule has 0 spiro atoms. The van der Waals surface area contributed by atoms with Crippen molar-refractivity contribution in [2.24, 2.45) is 10.8 Å². The van der Waals surface area contributed by atoms with Crippen molar-refractivity contribution < 1.29 is 19.4 Å². The van der Waals surface area contributed by atoms with Gasteiger partial charge in [-0.25, -0.2) is 9.78 Å². The lowest BCUT2D eigenvalue weighted by molar-refractivity contribution is 0.0264. The summed E-state index contributed by atoms with van der Waals surface area (Å²) in [5, 5.41) is 22.0. The lowest BCUT2D eigenvalue weighted by Crippen LogP contribution is -2.51. The number of aromatic carboxylic acids is 1. The number of nitrogens with zero attached hydrogens (tertiary/aromatic N) is 2. The first-order valence-corrected chi connectivity index (χ1v) is 15.5. The van der Waals surface area contributed by atoms with Crippen molar-refractivity contribution >= 4 is 29.9 Å². The molecule has 2 heterocycles. The number of nitrogens with one attached hydrogen (secondary N) is 2. The van der Waals surface area contributed by atoms with Gasteiger partial charge in [-0.15, -0.1) is 0 Å². The number of fused-ring (bicyclic) bond motifs is 2. The van der Waals surface area contributed by atoms with E-state index in [9.17, 15) is 14.7 Å². The minimum absolute atomic E-state index is 0.0133. The molecule has 1 aromatic heterocycles. The summed E-state index contributed by atoms with van der Waals surface area (Å²) in [6, 6.07) is 9.31. The number of carbonyl (C=O) groups is 2. The third-order valence-corrected chi connectivity index (χ3v) is 9.61. The second-order valence-electron chi connectivity index (χ2n) is 12.6. The highest BCUT2D eigenvalue weighted by Gasteiger charge is 2.59. The van der Waals surface area contributed by atoms with E-state index in [1.807, 2.05) is 36.1 Å². The van der Waals surface area contributed by atoms with E-state index in [4.69, 9.17) is 10.1 Å². The van der Waals surface area contributed by atoms with Gasteiger partial charge in [0.15, 0.2) is 5.69 Å². The molecule has 5 rings (SSSR count). The van der Waals surface area contributed by atoms with Crippen LogP contribution in [0.3, 0.4) is 0 Å². The zero-order valence-corrected chi connectivity index (χ0v) is 25.8. The molecule has 0 amide bonds. The number of carboxylic acid groups (broad SMARTS) is 1. The highest BCUT2D eigenvalue weighted by Crippen LogP contribution is 2.66. The highest BCUT2D eigenvalue weighted by molar-refractivity contribution is 6.12. The minimum atomic E-state index is -1.14. The first kappa shape index (κ1) is 30.7. The Labute approximate surface area is 254 Å².